The number of nitrogens with one attached hydrogen (secondary N) is 1. The Hall–Kier alpha value is -3.00. The Morgan fingerprint density at radius 1 is 1.32 bits per heavy atom. The fraction of sp³-hybridized carbons (Fsp3) is 0.391. The lowest BCUT2D eigenvalue weighted by atomic mass is 10.1. The summed E-state index contributed by atoms with van der Waals surface area (Å²) in [7, 11) is 0. The van der Waals surface area contributed by atoms with Crippen LogP contribution in [0.2, 0.25) is 0 Å². The molecule has 0 spiro atoms. The first kappa shape index (κ1) is 19.8. The number of likely N-dealkylation sites (tertiary alicyclic amines) is 1. The lowest BCUT2D eigenvalue weighted by Crippen LogP contribution is -2.32. The zero-order chi connectivity index (χ0) is 20.1. The molecule has 1 atom stereocenters. The van der Waals surface area contributed by atoms with Crippen molar-refractivity contribution in [3.8, 4) is 6.07 Å². The van der Waals surface area contributed by atoms with E-state index < -0.39 is 0 Å². The first-order valence-corrected chi connectivity index (χ1v) is 9.92. The lowest BCUT2D eigenvalue weighted by Gasteiger charge is -2.17. The van der Waals surface area contributed by atoms with Gasteiger partial charge < -0.3 is 14.8 Å². The predicted octanol–water partition coefficient (Wildman–Crippen LogP) is 4.13. The van der Waals surface area contributed by atoms with Gasteiger partial charge in [-0.1, -0.05) is 25.1 Å². The van der Waals surface area contributed by atoms with Crippen LogP contribution in [0.5, 0.6) is 0 Å². The van der Waals surface area contributed by atoms with E-state index in [-0.39, 0.29) is 17.5 Å². The van der Waals surface area contributed by atoms with E-state index in [9.17, 15) is 10.1 Å². The van der Waals surface area contributed by atoms with Gasteiger partial charge in [-0.15, -0.1) is 0 Å². The third-order valence-electron chi connectivity index (χ3n) is 5.33. The van der Waals surface area contributed by atoms with Gasteiger partial charge in [0.2, 0.25) is 0 Å². The number of hydrogen-bond acceptors (Lipinski definition) is 3. The van der Waals surface area contributed by atoms with Crippen molar-refractivity contribution in [2.75, 3.05) is 18.4 Å². The molecule has 1 aromatic heterocycles. The van der Waals surface area contributed by atoms with Crippen molar-refractivity contribution in [3.05, 3.63) is 58.9 Å². The number of benzene rings is 1. The Morgan fingerprint density at radius 2 is 2.07 bits per heavy atom. The molecule has 5 heteroatoms. The molecule has 2 aromatic rings. The van der Waals surface area contributed by atoms with E-state index in [0.717, 1.165) is 42.0 Å². The molecule has 146 valence electrons. The molecule has 1 unspecified atom stereocenters. The normalized spacial score (nSPS) is 16.9. The summed E-state index contributed by atoms with van der Waals surface area (Å²) in [5.41, 5.74) is 4.47. The van der Waals surface area contributed by atoms with Crippen molar-refractivity contribution >= 4 is 17.7 Å². The van der Waals surface area contributed by atoms with Gasteiger partial charge in [-0.25, -0.2) is 0 Å². The van der Waals surface area contributed by atoms with Gasteiger partial charge in [0.25, 0.3) is 5.91 Å². The number of carbonyl (C=O) groups excluding carboxylic acids is 1. The van der Waals surface area contributed by atoms with Crippen LogP contribution in [0.4, 0.5) is 5.69 Å². The molecule has 1 aromatic carbocycles. The molecule has 2 heterocycles. The molecule has 0 saturated carbocycles. The van der Waals surface area contributed by atoms with E-state index in [1.54, 1.807) is 11.0 Å². The van der Waals surface area contributed by atoms with Crippen molar-refractivity contribution in [1.82, 2.24) is 9.47 Å². The molecular formula is C23H28N4O. The Bertz CT molecular complexity index is 905. The van der Waals surface area contributed by atoms with Crippen molar-refractivity contribution in [2.45, 2.75) is 46.2 Å². The average Bonchev–Trinajstić information content (AvgIpc) is 3.26. The van der Waals surface area contributed by atoms with Gasteiger partial charge in [-0.2, -0.15) is 5.26 Å². The Morgan fingerprint density at radius 3 is 2.75 bits per heavy atom. The lowest BCUT2D eigenvalue weighted by molar-refractivity contribution is -0.125. The summed E-state index contributed by atoms with van der Waals surface area (Å²) in [6.45, 7) is 8.48. The number of amides is 1. The molecule has 1 aliphatic rings. The van der Waals surface area contributed by atoms with Crippen LogP contribution in [0.25, 0.3) is 6.08 Å². The maximum Gasteiger partial charge on any atom is 0.264 e. The molecule has 5 nitrogen and oxygen atoms in total. The van der Waals surface area contributed by atoms with E-state index in [0.29, 0.717) is 13.1 Å². The van der Waals surface area contributed by atoms with Crippen LogP contribution in [0, 0.1) is 25.2 Å². The third kappa shape index (κ3) is 4.28. The average molecular weight is 377 g/mol. The summed E-state index contributed by atoms with van der Waals surface area (Å²) in [5.74, 6) is -0.180. The monoisotopic (exact) mass is 376 g/mol. The Balaban J connectivity index is 1.71. The molecule has 0 aliphatic carbocycles. The van der Waals surface area contributed by atoms with Gasteiger partial charge in [0.15, 0.2) is 0 Å². The minimum atomic E-state index is -0.180. The highest BCUT2D eigenvalue weighted by Gasteiger charge is 2.28. The molecular weight excluding hydrogens is 348 g/mol. The standard InChI is InChI=1S/C23H28N4O/c1-4-11-27-17(2)13-19(18(27)3)14-20(15-24)23(28)26-12-10-22(16-26)25-21-8-6-5-7-9-21/h5-9,13-14,22,25H,4,10-12,16H2,1-3H3/b20-14-. The molecule has 1 N–H and O–H groups in total. The highest BCUT2D eigenvalue weighted by molar-refractivity contribution is 6.02. The van der Waals surface area contributed by atoms with Crippen LogP contribution in [0.3, 0.4) is 0 Å². The number of anilines is 1. The maximum absolute atomic E-state index is 12.9. The van der Waals surface area contributed by atoms with E-state index in [1.807, 2.05) is 37.3 Å². The smallest absolute Gasteiger partial charge is 0.264 e. The first-order chi connectivity index (χ1) is 13.5. The van der Waals surface area contributed by atoms with Crippen molar-refractivity contribution in [2.24, 2.45) is 0 Å². The highest BCUT2D eigenvalue weighted by atomic mass is 16.2. The highest BCUT2D eigenvalue weighted by Crippen LogP contribution is 2.21. The predicted molar refractivity (Wildman–Crippen MR) is 113 cm³/mol. The molecule has 28 heavy (non-hydrogen) atoms. The van der Waals surface area contributed by atoms with E-state index >= 15 is 0 Å². The molecule has 3 rings (SSSR count). The van der Waals surface area contributed by atoms with E-state index in [2.05, 4.69) is 35.9 Å². The second-order valence-corrected chi connectivity index (χ2v) is 7.40. The largest absolute Gasteiger partial charge is 0.380 e. The van der Waals surface area contributed by atoms with E-state index in [1.165, 1.54) is 0 Å². The number of nitrogens with zero attached hydrogens (tertiary/aromatic N) is 3. The van der Waals surface area contributed by atoms with Crippen molar-refractivity contribution in [3.63, 3.8) is 0 Å². The Labute approximate surface area is 167 Å². The van der Waals surface area contributed by atoms with Gasteiger partial charge >= 0.3 is 0 Å². The minimum absolute atomic E-state index is 0.180. The van der Waals surface area contributed by atoms with Crippen LogP contribution < -0.4 is 5.32 Å². The van der Waals surface area contributed by atoms with Crippen LogP contribution >= 0.6 is 0 Å². The summed E-state index contributed by atoms with van der Waals surface area (Å²) in [4.78, 5) is 14.7. The number of aryl methyl sites for hydroxylation is 1. The van der Waals surface area contributed by atoms with Gasteiger partial charge in [-0.3, -0.25) is 4.79 Å². The third-order valence-corrected chi connectivity index (χ3v) is 5.33. The second-order valence-electron chi connectivity index (χ2n) is 7.40. The first-order valence-electron chi connectivity index (χ1n) is 9.92. The molecule has 1 amide bonds. The summed E-state index contributed by atoms with van der Waals surface area (Å²) in [6.07, 6.45) is 3.67. The van der Waals surface area contributed by atoms with Gasteiger partial charge in [0.1, 0.15) is 11.6 Å². The number of para-hydroxylation sites is 1. The number of rotatable bonds is 6. The van der Waals surface area contributed by atoms with Crippen LogP contribution in [0.1, 0.15) is 36.7 Å². The number of nitriles is 1. The fourth-order valence-electron chi connectivity index (χ4n) is 3.84. The zero-order valence-corrected chi connectivity index (χ0v) is 16.9. The second kappa shape index (κ2) is 8.79. The molecule has 1 aliphatic heterocycles. The number of hydrogen-bond donors (Lipinski definition) is 1. The Kier molecular flexibility index (Phi) is 6.20. The van der Waals surface area contributed by atoms with Crippen molar-refractivity contribution in [1.29, 1.82) is 5.26 Å². The van der Waals surface area contributed by atoms with Crippen molar-refractivity contribution < 1.29 is 4.79 Å². The van der Waals surface area contributed by atoms with E-state index in [4.69, 9.17) is 0 Å². The zero-order valence-electron chi connectivity index (χ0n) is 16.9. The van der Waals surface area contributed by atoms with Crippen LogP contribution in [-0.2, 0) is 11.3 Å². The summed E-state index contributed by atoms with van der Waals surface area (Å²) in [6, 6.07) is 14.4. The molecule has 0 radical (unpaired) electrons. The summed E-state index contributed by atoms with van der Waals surface area (Å²) >= 11 is 0. The number of aromatic nitrogens is 1. The van der Waals surface area contributed by atoms with Gasteiger partial charge in [0, 0.05) is 42.8 Å². The van der Waals surface area contributed by atoms with Gasteiger partial charge in [-0.05, 0) is 56.5 Å². The topological polar surface area (TPSA) is 61.1 Å². The van der Waals surface area contributed by atoms with Gasteiger partial charge in [0.05, 0.1) is 0 Å². The maximum atomic E-state index is 12.9. The minimum Gasteiger partial charge on any atom is -0.380 e. The van der Waals surface area contributed by atoms with Crippen LogP contribution in [-0.4, -0.2) is 34.5 Å². The molecule has 1 saturated heterocycles. The quantitative estimate of drug-likeness (QED) is 0.609. The fourth-order valence-corrected chi connectivity index (χ4v) is 3.84. The summed E-state index contributed by atoms with van der Waals surface area (Å²) < 4.78 is 2.24. The molecule has 1 fully saturated rings. The SMILES string of the molecule is CCCn1c(C)cc(/C=C(/C#N)C(=O)N2CCC(Nc3ccccc3)C2)c1C. The number of carbonyl (C=O) groups is 1. The molecule has 0 bridgehead atoms. The van der Waals surface area contributed by atoms with Crippen LogP contribution in [0.15, 0.2) is 42.0 Å². The summed E-state index contributed by atoms with van der Waals surface area (Å²) in [5, 5.41) is 13.1.